The molecule has 1 aromatic carbocycles. The third-order valence-corrected chi connectivity index (χ3v) is 2.72. The van der Waals surface area contributed by atoms with Crippen molar-refractivity contribution in [3.8, 4) is 0 Å². The molecule has 102 valence electrons. The molecule has 0 unspecified atom stereocenters. The second-order valence-electron chi connectivity index (χ2n) is 4.24. The molecule has 1 heterocycles. The van der Waals surface area contributed by atoms with Gasteiger partial charge in [0.05, 0.1) is 23.9 Å². The molecule has 0 atom stereocenters. The minimum Gasteiger partial charge on any atom is -0.465 e. The molecular formula is C15H14N2O3. The van der Waals surface area contributed by atoms with Crippen LogP contribution in [0.15, 0.2) is 42.7 Å². The quantitative estimate of drug-likeness (QED) is 0.870. The summed E-state index contributed by atoms with van der Waals surface area (Å²) in [6.45, 7) is 1.85. The Labute approximate surface area is 116 Å². The van der Waals surface area contributed by atoms with Gasteiger partial charge in [0.15, 0.2) is 0 Å². The molecule has 0 bridgehead atoms. The number of hydrogen-bond acceptors (Lipinski definition) is 4. The predicted octanol–water partition coefficient (Wildman–Crippen LogP) is 2.43. The van der Waals surface area contributed by atoms with Gasteiger partial charge >= 0.3 is 5.97 Å². The van der Waals surface area contributed by atoms with Crippen molar-refractivity contribution in [2.75, 3.05) is 12.4 Å². The van der Waals surface area contributed by atoms with Crippen LogP contribution in [0.2, 0.25) is 0 Å². The molecule has 1 N–H and O–H groups in total. The molecular weight excluding hydrogens is 256 g/mol. The topological polar surface area (TPSA) is 68.3 Å². The second kappa shape index (κ2) is 5.97. The number of ether oxygens (including phenoxy) is 1. The van der Waals surface area contributed by atoms with Gasteiger partial charge in [-0.2, -0.15) is 0 Å². The number of nitrogens with one attached hydrogen (secondary N) is 1. The molecule has 0 spiro atoms. The number of carbonyl (C=O) groups excluding carboxylic acids is 2. The number of amides is 1. The number of benzene rings is 1. The van der Waals surface area contributed by atoms with Gasteiger partial charge in [0.25, 0.3) is 5.91 Å². The Morgan fingerprint density at radius 2 is 1.95 bits per heavy atom. The van der Waals surface area contributed by atoms with Crippen molar-refractivity contribution >= 4 is 17.6 Å². The Bertz CT molecular complexity index is 653. The highest BCUT2D eigenvalue weighted by atomic mass is 16.5. The monoisotopic (exact) mass is 270 g/mol. The molecule has 0 aliphatic carbocycles. The van der Waals surface area contributed by atoms with Crippen molar-refractivity contribution in [2.24, 2.45) is 0 Å². The van der Waals surface area contributed by atoms with E-state index >= 15 is 0 Å². The van der Waals surface area contributed by atoms with E-state index in [-0.39, 0.29) is 5.91 Å². The van der Waals surface area contributed by atoms with Crippen molar-refractivity contribution in [1.82, 2.24) is 4.98 Å². The van der Waals surface area contributed by atoms with Crippen molar-refractivity contribution in [1.29, 1.82) is 0 Å². The summed E-state index contributed by atoms with van der Waals surface area (Å²) in [5.74, 6) is -0.819. The van der Waals surface area contributed by atoms with Crippen LogP contribution < -0.4 is 5.32 Å². The molecule has 0 fully saturated rings. The van der Waals surface area contributed by atoms with E-state index in [9.17, 15) is 9.59 Å². The molecule has 0 radical (unpaired) electrons. The van der Waals surface area contributed by atoms with Crippen LogP contribution in [0.3, 0.4) is 0 Å². The zero-order chi connectivity index (χ0) is 14.5. The van der Waals surface area contributed by atoms with Crippen molar-refractivity contribution in [3.05, 3.63) is 59.4 Å². The standard InChI is InChI=1S/C15H14N2O3/c1-10-7-11(9-16-8-10)14(18)17-13-6-4-3-5-12(13)15(19)20-2/h3-9H,1-2H3,(H,17,18). The van der Waals surface area contributed by atoms with Crippen LogP contribution in [-0.4, -0.2) is 24.0 Å². The first-order valence-corrected chi connectivity index (χ1v) is 6.02. The third-order valence-electron chi connectivity index (χ3n) is 2.72. The average molecular weight is 270 g/mol. The first-order chi connectivity index (χ1) is 9.61. The SMILES string of the molecule is COC(=O)c1ccccc1NC(=O)c1cncc(C)c1. The molecule has 5 heteroatoms. The maximum atomic E-state index is 12.1. The third kappa shape index (κ3) is 3.00. The summed E-state index contributed by atoms with van der Waals surface area (Å²) in [7, 11) is 1.30. The van der Waals surface area contributed by atoms with Crippen LogP contribution in [0.4, 0.5) is 5.69 Å². The van der Waals surface area contributed by atoms with Crippen molar-refractivity contribution in [3.63, 3.8) is 0 Å². The first kappa shape index (κ1) is 13.7. The predicted molar refractivity (Wildman–Crippen MR) is 74.7 cm³/mol. The molecule has 0 aliphatic heterocycles. The van der Waals surface area contributed by atoms with E-state index in [0.29, 0.717) is 16.8 Å². The van der Waals surface area contributed by atoms with E-state index < -0.39 is 5.97 Å². The van der Waals surface area contributed by atoms with Gasteiger partial charge in [-0.05, 0) is 30.7 Å². The number of esters is 1. The van der Waals surface area contributed by atoms with Crippen LogP contribution in [0.1, 0.15) is 26.3 Å². The summed E-state index contributed by atoms with van der Waals surface area (Å²) in [4.78, 5) is 27.7. The number of aryl methyl sites for hydroxylation is 1. The lowest BCUT2D eigenvalue weighted by Gasteiger charge is -2.09. The smallest absolute Gasteiger partial charge is 0.339 e. The molecule has 1 aromatic heterocycles. The number of pyridine rings is 1. The average Bonchev–Trinajstić information content (AvgIpc) is 2.47. The van der Waals surface area contributed by atoms with Gasteiger partial charge in [-0.25, -0.2) is 4.79 Å². The minimum atomic E-state index is -0.497. The Balaban J connectivity index is 2.26. The van der Waals surface area contributed by atoms with Crippen LogP contribution in [0, 0.1) is 6.92 Å². The second-order valence-corrected chi connectivity index (χ2v) is 4.24. The number of nitrogens with zero attached hydrogens (tertiary/aromatic N) is 1. The molecule has 2 rings (SSSR count). The Morgan fingerprint density at radius 3 is 2.65 bits per heavy atom. The molecule has 0 aliphatic rings. The highest BCUT2D eigenvalue weighted by Gasteiger charge is 2.14. The van der Waals surface area contributed by atoms with Gasteiger partial charge < -0.3 is 10.1 Å². The van der Waals surface area contributed by atoms with Crippen LogP contribution in [0.5, 0.6) is 0 Å². The summed E-state index contributed by atoms with van der Waals surface area (Å²) < 4.78 is 4.68. The van der Waals surface area contributed by atoms with Crippen molar-refractivity contribution in [2.45, 2.75) is 6.92 Å². The summed E-state index contributed by atoms with van der Waals surface area (Å²) in [6.07, 6.45) is 3.14. The minimum absolute atomic E-state index is 0.309. The number of rotatable bonds is 3. The number of carbonyl (C=O) groups is 2. The Hall–Kier alpha value is -2.69. The zero-order valence-electron chi connectivity index (χ0n) is 11.2. The van der Waals surface area contributed by atoms with Crippen LogP contribution >= 0.6 is 0 Å². The lowest BCUT2D eigenvalue weighted by Crippen LogP contribution is -2.15. The van der Waals surface area contributed by atoms with Gasteiger partial charge in [0.2, 0.25) is 0 Å². The summed E-state index contributed by atoms with van der Waals surface area (Å²) in [5, 5.41) is 2.69. The highest BCUT2D eigenvalue weighted by molar-refractivity contribution is 6.07. The van der Waals surface area contributed by atoms with E-state index in [1.165, 1.54) is 13.3 Å². The molecule has 2 aromatic rings. The Kier molecular flexibility index (Phi) is 4.10. The summed E-state index contributed by atoms with van der Waals surface area (Å²) in [5.41, 5.74) is 2.04. The number of methoxy groups -OCH3 is 1. The summed E-state index contributed by atoms with van der Waals surface area (Å²) >= 11 is 0. The van der Waals surface area contributed by atoms with E-state index in [1.54, 1.807) is 36.5 Å². The molecule has 0 saturated carbocycles. The van der Waals surface area contributed by atoms with Gasteiger partial charge in [-0.3, -0.25) is 9.78 Å². The fraction of sp³-hybridized carbons (Fsp3) is 0.133. The lowest BCUT2D eigenvalue weighted by molar-refractivity contribution is 0.0602. The lowest BCUT2D eigenvalue weighted by atomic mass is 10.1. The Morgan fingerprint density at radius 1 is 1.20 bits per heavy atom. The maximum absolute atomic E-state index is 12.1. The summed E-state index contributed by atoms with van der Waals surface area (Å²) in [6, 6.07) is 8.40. The normalized spacial score (nSPS) is 9.90. The van der Waals surface area contributed by atoms with E-state index in [2.05, 4.69) is 15.0 Å². The van der Waals surface area contributed by atoms with E-state index in [4.69, 9.17) is 0 Å². The van der Waals surface area contributed by atoms with Gasteiger partial charge in [-0.1, -0.05) is 12.1 Å². The largest absolute Gasteiger partial charge is 0.465 e. The highest BCUT2D eigenvalue weighted by Crippen LogP contribution is 2.17. The number of para-hydroxylation sites is 1. The van der Waals surface area contributed by atoms with Gasteiger partial charge in [-0.15, -0.1) is 0 Å². The van der Waals surface area contributed by atoms with Crippen molar-refractivity contribution < 1.29 is 14.3 Å². The molecule has 5 nitrogen and oxygen atoms in total. The molecule has 1 amide bonds. The van der Waals surface area contributed by atoms with Crippen LogP contribution in [0.25, 0.3) is 0 Å². The first-order valence-electron chi connectivity index (χ1n) is 6.02. The molecule has 0 saturated heterocycles. The number of aromatic nitrogens is 1. The van der Waals surface area contributed by atoms with Crippen LogP contribution in [-0.2, 0) is 4.74 Å². The fourth-order valence-electron chi connectivity index (χ4n) is 1.75. The molecule has 20 heavy (non-hydrogen) atoms. The van der Waals surface area contributed by atoms with E-state index in [0.717, 1.165) is 5.56 Å². The zero-order valence-corrected chi connectivity index (χ0v) is 11.2. The van der Waals surface area contributed by atoms with Gasteiger partial charge in [0, 0.05) is 12.4 Å². The van der Waals surface area contributed by atoms with Gasteiger partial charge in [0.1, 0.15) is 0 Å². The van der Waals surface area contributed by atoms with E-state index in [1.807, 2.05) is 6.92 Å². The number of hydrogen-bond donors (Lipinski definition) is 1. The maximum Gasteiger partial charge on any atom is 0.339 e. The number of anilines is 1. The fourth-order valence-corrected chi connectivity index (χ4v) is 1.75.